The lowest BCUT2D eigenvalue weighted by Gasteiger charge is -2.34. The normalized spacial score (nSPS) is 13.4. The van der Waals surface area contributed by atoms with E-state index in [0.29, 0.717) is 0 Å². The summed E-state index contributed by atoms with van der Waals surface area (Å²) in [6.45, 7) is 5.55. The second-order valence-corrected chi connectivity index (χ2v) is 8.37. The van der Waals surface area contributed by atoms with Crippen molar-refractivity contribution in [2.75, 3.05) is 20.6 Å². The fraction of sp³-hybridized carbons (Fsp3) is 1.00. The number of aliphatic hydroxyl groups is 1. The smallest absolute Gasteiger partial charge is 0.190 e. The predicted molar refractivity (Wildman–Crippen MR) is 108 cm³/mol. The molecule has 0 heterocycles. The molecule has 0 aromatic rings. The van der Waals surface area contributed by atoms with Gasteiger partial charge in [0.1, 0.15) is 0 Å². The minimum absolute atomic E-state index is 0.183. The van der Waals surface area contributed by atoms with E-state index < -0.39 is 0 Å². The Hall–Kier alpha value is -0.0800. The molecule has 146 valence electrons. The Kier molecular flexibility index (Phi) is 16.3. The van der Waals surface area contributed by atoms with Crippen molar-refractivity contribution in [1.29, 1.82) is 0 Å². The first-order valence-electron chi connectivity index (χ1n) is 11.0. The van der Waals surface area contributed by atoms with Crippen LogP contribution in [0, 0.1) is 0 Å². The second-order valence-electron chi connectivity index (χ2n) is 8.37. The van der Waals surface area contributed by atoms with Crippen LogP contribution in [-0.2, 0) is 0 Å². The van der Waals surface area contributed by atoms with Crippen LogP contribution >= 0.6 is 0 Å². The molecule has 0 saturated heterocycles. The summed E-state index contributed by atoms with van der Waals surface area (Å²) >= 11 is 0. The van der Waals surface area contributed by atoms with Gasteiger partial charge in [-0.15, -0.1) is 0 Å². The minimum atomic E-state index is -0.183. The molecule has 0 saturated carbocycles. The molecule has 0 aromatic carbocycles. The Balaban J connectivity index is 3.28. The Labute approximate surface area is 153 Å². The zero-order valence-electron chi connectivity index (χ0n) is 17.5. The maximum Gasteiger partial charge on any atom is 0.190 e. The summed E-state index contributed by atoms with van der Waals surface area (Å²) in [5.74, 6) is 0. The first kappa shape index (κ1) is 23.9. The van der Waals surface area contributed by atoms with Gasteiger partial charge in [0.15, 0.2) is 6.23 Å². The monoisotopic (exact) mass is 342 g/mol. The Morgan fingerprint density at radius 2 is 0.958 bits per heavy atom. The van der Waals surface area contributed by atoms with Crippen molar-refractivity contribution in [2.45, 2.75) is 123 Å². The van der Waals surface area contributed by atoms with E-state index in [-0.39, 0.29) is 6.23 Å². The lowest BCUT2D eigenvalue weighted by Crippen LogP contribution is -2.49. The van der Waals surface area contributed by atoms with E-state index in [0.717, 1.165) is 23.9 Å². The van der Waals surface area contributed by atoms with Crippen LogP contribution < -0.4 is 0 Å². The van der Waals surface area contributed by atoms with Crippen molar-refractivity contribution in [3.05, 3.63) is 0 Å². The highest BCUT2D eigenvalue weighted by molar-refractivity contribution is 4.50. The van der Waals surface area contributed by atoms with E-state index in [9.17, 15) is 5.11 Å². The van der Waals surface area contributed by atoms with Crippen molar-refractivity contribution in [3.63, 3.8) is 0 Å². The van der Waals surface area contributed by atoms with Crippen molar-refractivity contribution in [2.24, 2.45) is 0 Å². The van der Waals surface area contributed by atoms with Crippen LogP contribution in [0.3, 0.4) is 0 Å². The van der Waals surface area contributed by atoms with Crippen molar-refractivity contribution in [3.8, 4) is 0 Å². The maximum atomic E-state index is 10.2. The molecule has 0 amide bonds. The fourth-order valence-corrected chi connectivity index (χ4v) is 3.47. The Morgan fingerprint density at radius 3 is 1.33 bits per heavy atom. The molecule has 1 unspecified atom stereocenters. The highest BCUT2D eigenvalue weighted by Gasteiger charge is 2.24. The maximum absolute atomic E-state index is 10.2. The number of nitrogens with zero attached hydrogens (tertiary/aromatic N) is 1. The third-order valence-electron chi connectivity index (χ3n) is 5.44. The molecule has 0 aliphatic carbocycles. The summed E-state index contributed by atoms with van der Waals surface area (Å²) < 4.78 is 0.770. The molecule has 0 rings (SSSR count). The van der Waals surface area contributed by atoms with E-state index in [1.165, 1.54) is 89.9 Å². The van der Waals surface area contributed by atoms with Crippen LogP contribution in [0.2, 0.25) is 0 Å². The topological polar surface area (TPSA) is 20.2 Å². The van der Waals surface area contributed by atoms with E-state index in [2.05, 4.69) is 27.9 Å². The molecule has 0 spiro atoms. The summed E-state index contributed by atoms with van der Waals surface area (Å²) in [7, 11) is 4.34. The highest BCUT2D eigenvalue weighted by Crippen LogP contribution is 2.15. The molecule has 2 nitrogen and oxygen atoms in total. The third kappa shape index (κ3) is 14.3. The molecule has 0 radical (unpaired) electrons. The molecule has 24 heavy (non-hydrogen) atoms. The molecule has 0 fully saturated rings. The van der Waals surface area contributed by atoms with Gasteiger partial charge >= 0.3 is 0 Å². The summed E-state index contributed by atoms with van der Waals surface area (Å²) in [6, 6.07) is 0. The first-order chi connectivity index (χ1) is 11.5. The van der Waals surface area contributed by atoms with E-state index in [4.69, 9.17) is 0 Å². The number of quaternary nitrogens is 1. The summed E-state index contributed by atoms with van der Waals surface area (Å²) in [5, 5.41) is 10.2. The molecule has 2 heteroatoms. The van der Waals surface area contributed by atoms with Crippen LogP contribution in [0.25, 0.3) is 0 Å². The lowest BCUT2D eigenvalue weighted by atomic mass is 10.0. The number of rotatable bonds is 18. The van der Waals surface area contributed by atoms with Crippen LogP contribution in [-0.4, -0.2) is 36.5 Å². The van der Waals surface area contributed by atoms with Crippen LogP contribution in [0.4, 0.5) is 0 Å². The molecule has 0 bridgehead atoms. The van der Waals surface area contributed by atoms with Gasteiger partial charge < -0.3 is 9.59 Å². The van der Waals surface area contributed by atoms with Gasteiger partial charge in [-0.2, -0.15) is 0 Å². The fourth-order valence-electron chi connectivity index (χ4n) is 3.47. The van der Waals surface area contributed by atoms with E-state index in [1.54, 1.807) is 0 Å². The molecule has 1 atom stereocenters. The SMILES string of the molecule is CCCCCCCCCCCCCCCC[N+](C)(C)C(O)CCC. The van der Waals surface area contributed by atoms with E-state index >= 15 is 0 Å². The molecule has 0 aromatic heterocycles. The molecular formula is C22H48NO+. The minimum Gasteiger partial charge on any atom is -0.345 e. The quantitative estimate of drug-likeness (QED) is 0.168. The van der Waals surface area contributed by atoms with Gasteiger partial charge in [-0.05, 0) is 19.3 Å². The number of hydrogen-bond acceptors (Lipinski definition) is 1. The zero-order valence-corrected chi connectivity index (χ0v) is 17.5. The van der Waals surface area contributed by atoms with Crippen molar-refractivity contribution >= 4 is 0 Å². The standard InChI is InChI=1S/C22H48NO/c1-5-7-8-9-10-11-12-13-14-15-16-17-18-19-21-23(3,4)22(24)20-6-2/h22,24H,5-21H2,1-4H3/q+1. The van der Waals surface area contributed by atoms with Gasteiger partial charge in [0.25, 0.3) is 0 Å². The number of aliphatic hydroxyl groups excluding tert-OH is 1. The lowest BCUT2D eigenvalue weighted by molar-refractivity contribution is -0.937. The molecule has 0 aliphatic heterocycles. The van der Waals surface area contributed by atoms with Crippen LogP contribution in [0.5, 0.6) is 0 Å². The largest absolute Gasteiger partial charge is 0.345 e. The highest BCUT2D eigenvalue weighted by atomic mass is 16.3. The average molecular weight is 343 g/mol. The molecule has 1 N–H and O–H groups in total. The summed E-state index contributed by atoms with van der Waals surface area (Å²) in [4.78, 5) is 0. The van der Waals surface area contributed by atoms with Gasteiger partial charge in [-0.1, -0.05) is 90.9 Å². The van der Waals surface area contributed by atoms with Gasteiger partial charge in [0, 0.05) is 6.42 Å². The van der Waals surface area contributed by atoms with Gasteiger partial charge in [0.05, 0.1) is 20.6 Å². The first-order valence-corrected chi connectivity index (χ1v) is 11.0. The Morgan fingerprint density at radius 1 is 0.583 bits per heavy atom. The zero-order chi connectivity index (χ0) is 18.1. The molecule has 0 aliphatic rings. The van der Waals surface area contributed by atoms with Gasteiger partial charge in [-0.25, -0.2) is 0 Å². The van der Waals surface area contributed by atoms with Crippen molar-refractivity contribution < 1.29 is 9.59 Å². The summed E-state index contributed by atoms with van der Waals surface area (Å²) in [5.41, 5.74) is 0. The number of hydrogen-bond donors (Lipinski definition) is 1. The van der Waals surface area contributed by atoms with Crippen LogP contribution in [0.1, 0.15) is 117 Å². The van der Waals surface area contributed by atoms with Gasteiger partial charge in [-0.3, -0.25) is 0 Å². The summed E-state index contributed by atoms with van der Waals surface area (Å²) in [6.07, 6.45) is 21.5. The second kappa shape index (κ2) is 16.4. The Bertz CT molecular complexity index is 252. The third-order valence-corrected chi connectivity index (χ3v) is 5.44. The predicted octanol–water partition coefficient (Wildman–Crippen LogP) is 6.66. The van der Waals surface area contributed by atoms with Crippen molar-refractivity contribution in [1.82, 2.24) is 0 Å². The van der Waals surface area contributed by atoms with E-state index in [1.807, 2.05) is 0 Å². The van der Waals surface area contributed by atoms with Gasteiger partial charge in [0.2, 0.25) is 0 Å². The number of unbranched alkanes of at least 4 members (excludes halogenated alkanes) is 13. The molecular weight excluding hydrogens is 294 g/mol. The van der Waals surface area contributed by atoms with Crippen LogP contribution in [0.15, 0.2) is 0 Å². The average Bonchev–Trinajstić information content (AvgIpc) is 2.55.